The quantitative estimate of drug-likeness (QED) is 0.352. The van der Waals surface area contributed by atoms with Crippen molar-refractivity contribution >= 4 is 23.2 Å². The molecular weight excluding hydrogens is 428 g/mol. The number of nitrogens with zero attached hydrogens (tertiary/aromatic N) is 2. The molecule has 7 rings (SSSR count). The number of allylic oxidation sites excluding steroid dienone is 2. The van der Waals surface area contributed by atoms with Crippen molar-refractivity contribution in [1.29, 1.82) is 0 Å². The van der Waals surface area contributed by atoms with Crippen LogP contribution in [0.5, 0.6) is 0 Å². The summed E-state index contributed by atoms with van der Waals surface area (Å²) < 4.78 is 11.2. The lowest BCUT2D eigenvalue weighted by Gasteiger charge is -2.51. The maximum atomic E-state index is 13.0. The second-order valence-electron chi connectivity index (χ2n) is 10.7. The molecule has 0 amide bonds. The summed E-state index contributed by atoms with van der Waals surface area (Å²) in [6, 6.07) is 7.98. The van der Waals surface area contributed by atoms with Crippen molar-refractivity contribution in [1.82, 2.24) is 4.98 Å². The Labute approximate surface area is 199 Å². The van der Waals surface area contributed by atoms with Gasteiger partial charge >= 0.3 is 11.9 Å². The molecule has 0 atom stereocenters. The minimum absolute atomic E-state index is 0.387. The number of rotatable bonds is 3. The van der Waals surface area contributed by atoms with E-state index in [0.717, 1.165) is 48.8 Å². The zero-order valence-electron chi connectivity index (χ0n) is 20.2. The number of ether oxygens (including phenoxy) is 1. The van der Waals surface area contributed by atoms with Crippen LogP contribution in [0, 0.1) is 30.6 Å². The molecule has 4 bridgehead atoms. The molecule has 4 aliphatic carbocycles. The Morgan fingerprint density at radius 2 is 1.56 bits per heavy atom. The third-order valence-electron chi connectivity index (χ3n) is 8.31. The van der Waals surface area contributed by atoms with Gasteiger partial charge in [0.2, 0.25) is 5.89 Å². The smallest absolute Gasteiger partial charge is 0.347 e. The second kappa shape index (κ2) is 7.69. The first kappa shape index (κ1) is 21.4. The highest BCUT2D eigenvalue weighted by Gasteiger charge is 2.50. The third kappa shape index (κ3) is 3.26. The van der Waals surface area contributed by atoms with Gasteiger partial charge in [0.25, 0.3) is 0 Å². The summed E-state index contributed by atoms with van der Waals surface area (Å²) in [6.45, 7) is 3.71. The first-order chi connectivity index (χ1) is 16.3. The Bertz CT molecular complexity index is 1230. The van der Waals surface area contributed by atoms with Gasteiger partial charge in [0, 0.05) is 25.3 Å². The molecule has 0 spiro atoms. The van der Waals surface area contributed by atoms with E-state index in [2.05, 4.69) is 0 Å². The van der Waals surface area contributed by atoms with Gasteiger partial charge in [-0.05, 0) is 105 Å². The average Bonchev–Trinajstić information content (AvgIpc) is 3.32. The molecule has 6 heteroatoms. The third-order valence-corrected chi connectivity index (χ3v) is 8.31. The minimum Gasteiger partial charge on any atom is -0.441 e. The van der Waals surface area contributed by atoms with Gasteiger partial charge < -0.3 is 14.1 Å². The van der Waals surface area contributed by atoms with Crippen LogP contribution in [0.2, 0.25) is 0 Å². The Hall–Kier alpha value is -3.15. The standard InChI is InChI=1S/C28H30N2O4/c1-14(25-15(2)33-26(29-25)18-5-7-21(8-6-18)30(3)4)22-24(28(32)34-27(22)31)23-19-10-16-9-17(12-19)13-20(23)11-16/h5-8,16-17,19-20H,9-13H2,1-4H3/b22-14-,24-23?. The number of carbonyl (C=O) groups excluding carboxylic acids is 2. The summed E-state index contributed by atoms with van der Waals surface area (Å²) in [5, 5.41) is 0. The van der Waals surface area contributed by atoms with Crippen molar-refractivity contribution in [3.05, 3.63) is 52.4 Å². The number of esters is 2. The average molecular weight is 459 g/mol. The number of aryl methyl sites for hydroxylation is 1. The van der Waals surface area contributed by atoms with Crippen molar-refractivity contribution in [3.8, 4) is 11.5 Å². The Kier molecular flexibility index (Phi) is 4.84. The largest absolute Gasteiger partial charge is 0.441 e. The maximum Gasteiger partial charge on any atom is 0.347 e. The molecule has 5 aliphatic rings. The van der Waals surface area contributed by atoms with E-state index in [4.69, 9.17) is 14.1 Å². The van der Waals surface area contributed by atoms with Crippen molar-refractivity contribution < 1.29 is 18.7 Å². The molecule has 1 saturated heterocycles. The van der Waals surface area contributed by atoms with Crippen LogP contribution in [0.15, 0.2) is 45.4 Å². The normalized spacial score (nSPS) is 29.2. The summed E-state index contributed by atoms with van der Waals surface area (Å²) >= 11 is 0. The molecule has 1 aromatic carbocycles. The van der Waals surface area contributed by atoms with E-state index in [1.165, 1.54) is 12.0 Å². The molecule has 6 nitrogen and oxygen atoms in total. The van der Waals surface area contributed by atoms with E-state index < -0.39 is 11.9 Å². The molecule has 4 saturated carbocycles. The number of carbonyl (C=O) groups is 2. The molecular formula is C28H30N2O4. The predicted molar refractivity (Wildman–Crippen MR) is 129 cm³/mol. The fraction of sp³-hybridized carbons (Fsp3) is 0.464. The van der Waals surface area contributed by atoms with Crippen molar-refractivity contribution in [3.63, 3.8) is 0 Å². The minimum atomic E-state index is -0.557. The maximum absolute atomic E-state index is 13.0. The fourth-order valence-corrected chi connectivity index (χ4v) is 6.98. The van der Waals surface area contributed by atoms with Gasteiger partial charge in [-0.3, -0.25) is 0 Å². The van der Waals surface area contributed by atoms with E-state index >= 15 is 0 Å². The Morgan fingerprint density at radius 1 is 0.941 bits per heavy atom. The van der Waals surface area contributed by atoms with Crippen molar-refractivity contribution in [2.45, 2.75) is 46.0 Å². The Balaban J connectivity index is 1.43. The van der Waals surface area contributed by atoms with Gasteiger partial charge in [-0.1, -0.05) is 0 Å². The number of anilines is 1. The van der Waals surface area contributed by atoms with Crippen LogP contribution < -0.4 is 4.90 Å². The van der Waals surface area contributed by atoms with Gasteiger partial charge in [0.1, 0.15) is 11.5 Å². The van der Waals surface area contributed by atoms with Crippen LogP contribution >= 0.6 is 0 Å². The van der Waals surface area contributed by atoms with Crippen LogP contribution in [0.1, 0.15) is 50.5 Å². The lowest BCUT2D eigenvalue weighted by atomic mass is 9.53. The first-order valence-electron chi connectivity index (χ1n) is 12.3. The molecule has 176 valence electrons. The number of aromatic nitrogens is 1. The highest BCUT2D eigenvalue weighted by molar-refractivity contribution is 6.22. The molecule has 1 aromatic heterocycles. The summed E-state index contributed by atoms with van der Waals surface area (Å²) in [4.78, 5) is 32.7. The van der Waals surface area contributed by atoms with Crippen LogP contribution in [0.25, 0.3) is 17.0 Å². The molecule has 0 N–H and O–H groups in total. The first-order valence-corrected chi connectivity index (χ1v) is 12.3. The predicted octanol–water partition coefficient (Wildman–Crippen LogP) is 5.33. The number of benzene rings is 1. The highest BCUT2D eigenvalue weighted by atomic mass is 16.6. The van der Waals surface area contributed by atoms with Gasteiger partial charge in [-0.15, -0.1) is 0 Å². The van der Waals surface area contributed by atoms with Gasteiger partial charge in [0.05, 0.1) is 11.1 Å². The zero-order valence-corrected chi connectivity index (χ0v) is 20.2. The second-order valence-corrected chi connectivity index (χ2v) is 10.7. The van der Waals surface area contributed by atoms with Crippen LogP contribution in [0.3, 0.4) is 0 Å². The molecule has 0 unspecified atom stereocenters. The highest BCUT2D eigenvalue weighted by Crippen LogP contribution is 2.58. The summed E-state index contributed by atoms with van der Waals surface area (Å²) in [6.07, 6.45) is 5.87. The van der Waals surface area contributed by atoms with E-state index in [1.807, 2.05) is 57.1 Å². The van der Waals surface area contributed by atoms with E-state index in [9.17, 15) is 9.59 Å². The molecule has 0 radical (unpaired) electrons. The number of hydrogen-bond acceptors (Lipinski definition) is 6. The molecule has 2 aromatic rings. The van der Waals surface area contributed by atoms with E-state index in [0.29, 0.717) is 45.9 Å². The lowest BCUT2D eigenvalue weighted by Crippen LogP contribution is -2.41. The molecule has 5 fully saturated rings. The SMILES string of the molecule is C/C(=C1/C(=O)OC(=O)C1=C1C2CC3CC(C2)CC1C3)c1nc(-c2ccc(N(C)C)cc2)oc1C. The monoisotopic (exact) mass is 458 g/mol. The Morgan fingerprint density at radius 3 is 2.15 bits per heavy atom. The van der Waals surface area contributed by atoms with E-state index in [-0.39, 0.29) is 0 Å². The van der Waals surface area contributed by atoms with Crippen LogP contribution in [-0.2, 0) is 14.3 Å². The topological polar surface area (TPSA) is 72.6 Å². The number of cyclic esters (lactones) is 2. The molecule has 1 aliphatic heterocycles. The lowest BCUT2D eigenvalue weighted by molar-refractivity contribution is -0.149. The summed E-state index contributed by atoms with van der Waals surface area (Å²) in [7, 11) is 3.99. The zero-order chi connectivity index (χ0) is 23.7. The summed E-state index contributed by atoms with van der Waals surface area (Å²) in [5.41, 5.74) is 5.30. The van der Waals surface area contributed by atoms with Crippen LogP contribution in [0.4, 0.5) is 5.69 Å². The van der Waals surface area contributed by atoms with Gasteiger partial charge in [-0.25, -0.2) is 14.6 Å². The van der Waals surface area contributed by atoms with Crippen molar-refractivity contribution in [2.75, 3.05) is 19.0 Å². The molecule has 34 heavy (non-hydrogen) atoms. The number of oxazole rings is 1. The van der Waals surface area contributed by atoms with Crippen LogP contribution in [-0.4, -0.2) is 31.0 Å². The fourth-order valence-electron chi connectivity index (χ4n) is 6.98. The van der Waals surface area contributed by atoms with Crippen molar-refractivity contribution in [2.24, 2.45) is 23.7 Å². The van der Waals surface area contributed by atoms with Gasteiger partial charge in [-0.2, -0.15) is 0 Å². The summed E-state index contributed by atoms with van der Waals surface area (Å²) in [5.74, 6) is 2.42. The van der Waals surface area contributed by atoms with Gasteiger partial charge in [0.15, 0.2) is 0 Å². The van der Waals surface area contributed by atoms with E-state index in [1.54, 1.807) is 0 Å². The molecule has 2 heterocycles. The number of hydrogen-bond donors (Lipinski definition) is 0.